The van der Waals surface area contributed by atoms with Gasteiger partial charge in [-0.25, -0.2) is 0 Å². The number of rotatable bonds is 3. The van der Waals surface area contributed by atoms with Crippen molar-refractivity contribution in [1.82, 2.24) is 29.8 Å². The lowest BCUT2D eigenvalue weighted by atomic mass is 10.3. The van der Waals surface area contributed by atoms with Gasteiger partial charge in [0.05, 0.1) is 6.20 Å². The average Bonchev–Trinajstić information content (AvgIpc) is 3.08. The monoisotopic (exact) mass is 288 g/mol. The number of hydrogen-bond donors (Lipinski definition) is 1. The molecular formula is C14H20N6O. The first-order chi connectivity index (χ1) is 10.2. The zero-order valence-electron chi connectivity index (χ0n) is 12.2. The van der Waals surface area contributed by atoms with E-state index in [1.54, 1.807) is 12.3 Å². The van der Waals surface area contributed by atoms with Gasteiger partial charge in [0.15, 0.2) is 0 Å². The maximum absolute atomic E-state index is 12.3. The summed E-state index contributed by atoms with van der Waals surface area (Å²) in [4.78, 5) is 16.6. The quantitative estimate of drug-likeness (QED) is 0.892. The number of H-pyrrole nitrogens is 1. The van der Waals surface area contributed by atoms with E-state index in [-0.39, 0.29) is 5.91 Å². The molecule has 3 rings (SSSR count). The van der Waals surface area contributed by atoms with E-state index >= 15 is 0 Å². The molecule has 1 amide bonds. The van der Waals surface area contributed by atoms with Gasteiger partial charge in [0.1, 0.15) is 5.69 Å². The van der Waals surface area contributed by atoms with Crippen LogP contribution in [-0.4, -0.2) is 61.9 Å². The van der Waals surface area contributed by atoms with E-state index in [0.29, 0.717) is 5.69 Å². The Labute approximate surface area is 123 Å². The highest BCUT2D eigenvalue weighted by Crippen LogP contribution is 2.10. The summed E-state index contributed by atoms with van der Waals surface area (Å²) in [5, 5.41) is 10.8. The number of aromatic nitrogens is 4. The first-order valence-corrected chi connectivity index (χ1v) is 7.21. The van der Waals surface area contributed by atoms with E-state index < -0.39 is 0 Å². The van der Waals surface area contributed by atoms with Crippen LogP contribution in [0.3, 0.4) is 0 Å². The zero-order valence-corrected chi connectivity index (χ0v) is 12.2. The van der Waals surface area contributed by atoms with Crippen LogP contribution in [-0.2, 0) is 13.6 Å². The Kier molecular flexibility index (Phi) is 4.01. The number of nitrogens with zero attached hydrogens (tertiary/aromatic N) is 5. The van der Waals surface area contributed by atoms with Crippen LogP contribution in [0.25, 0.3) is 0 Å². The Morgan fingerprint density at radius 2 is 2.24 bits per heavy atom. The molecule has 1 aliphatic rings. The van der Waals surface area contributed by atoms with Crippen molar-refractivity contribution >= 4 is 5.91 Å². The lowest BCUT2D eigenvalue weighted by molar-refractivity contribution is 0.0755. The number of carbonyl (C=O) groups excluding carboxylic acids is 1. The molecule has 2 aromatic rings. The summed E-state index contributed by atoms with van der Waals surface area (Å²) in [5.41, 5.74) is 1.78. The molecule has 0 atom stereocenters. The highest BCUT2D eigenvalue weighted by Gasteiger charge is 2.21. The van der Waals surface area contributed by atoms with Gasteiger partial charge in [-0.15, -0.1) is 0 Å². The molecule has 0 aliphatic carbocycles. The molecule has 7 nitrogen and oxygen atoms in total. The SMILES string of the molecule is Cn1cc(CN2CCCN(C(=O)c3ccn[nH]3)CC2)cn1. The lowest BCUT2D eigenvalue weighted by Crippen LogP contribution is -2.35. The van der Waals surface area contributed by atoms with Gasteiger partial charge >= 0.3 is 0 Å². The standard InChI is InChI=1S/C14H20N6O/c1-18-10-12(9-16-18)11-19-5-2-6-20(8-7-19)14(21)13-3-4-15-17-13/h3-4,9-10H,2,5-8,11H2,1H3,(H,15,17). The minimum absolute atomic E-state index is 0.0377. The smallest absolute Gasteiger partial charge is 0.271 e. The Morgan fingerprint density at radius 3 is 2.95 bits per heavy atom. The van der Waals surface area contributed by atoms with E-state index in [2.05, 4.69) is 20.2 Å². The van der Waals surface area contributed by atoms with Crippen molar-refractivity contribution in [2.75, 3.05) is 26.2 Å². The molecule has 7 heteroatoms. The molecule has 1 aliphatic heterocycles. The maximum Gasteiger partial charge on any atom is 0.271 e. The van der Waals surface area contributed by atoms with Gasteiger partial charge in [-0.1, -0.05) is 0 Å². The van der Waals surface area contributed by atoms with E-state index in [9.17, 15) is 4.79 Å². The second-order valence-electron chi connectivity index (χ2n) is 5.41. The summed E-state index contributed by atoms with van der Waals surface area (Å²) in [5.74, 6) is 0.0377. The van der Waals surface area contributed by atoms with Crippen molar-refractivity contribution in [2.45, 2.75) is 13.0 Å². The maximum atomic E-state index is 12.3. The van der Waals surface area contributed by atoms with Crippen LogP contribution < -0.4 is 0 Å². The topological polar surface area (TPSA) is 70.1 Å². The molecule has 2 aromatic heterocycles. The number of aromatic amines is 1. The van der Waals surface area contributed by atoms with Crippen LogP contribution in [0.5, 0.6) is 0 Å². The average molecular weight is 288 g/mol. The summed E-state index contributed by atoms with van der Waals surface area (Å²) in [6, 6.07) is 1.72. The fourth-order valence-electron chi connectivity index (χ4n) is 2.69. The Hall–Kier alpha value is -2.15. The molecule has 1 N–H and O–H groups in total. The van der Waals surface area contributed by atoms with Crippen LogP contribution in [0.1, 0.15) is 22.5 Å². The number of nitrogens with one attached hydrogen (secondary N) is 1. The third kappa shape index (κ3) is 3.30. The zero-order chi connectivity index (χ0) is 14.7. The normalized spacial score (nSPS) is 16.9. The molecule has 3 heterocycles. The van der Waals surface area contributed by atoms with Crippen LogP contribution in [0.2, 0.25) is 0 Å². The van der Waals surface area contributed by atoms with Gasteiger partial charge < -0.3 is 4.90 Å². The molecule has 112 valence electrons. The molecular weight excluding hydrogens is 268 g/mol. The molecule has 0 spiro atoms. The molecule has 0 saturated carbocycles. The predicted octanol–water partition coefficient (Wildman–Crippen LogP) is 0.491. The van der Waals surface area contributed by atoms with Gasteiger partial charge in [-0.3, -0.25) is 19.5 Å². The van der Waals surface area contributed by atoms with Crippen LogP contribution in [0, 0.1) is 0 Å². The van der Waals surface area contributed by atoms with Crippen LogP contribution in [0.4, 0.5) is 0 Å². The predicted molar refractivity (Wildman–Crippen MR) is 77.6 cm³/mol. The van der Waals surface area contributed by atoms with Crippen molar-refractivity contribution in [3.63, 3.8) is 0 Å². The van der Waals surface area contributed by atoms with E-state index in [1.807, 2.05) is 29.0 Å². The highest BCUT2D eigenvalue weighted by atomic mass is 16.2. The third-order valence-electron chi connectivity index (χ3n) is 3.77. The minimum Gasteiger partial charge on any atom is -0.336 e. The Bertz CT molecular complexity index is 590. The van der Waals surface area contributed by atoms with Gasteiger partial charge in [-0.05, 0) is 12.5 Å². The summed E-state index contributed by atoms with van der Waals surface area (Å²) in [7, 11) is 1.93. The van der Waals surface area contributed by atoms with E-state index in [1.165, 1.54) is 5.56 Å². The number of amides is 1. The number of hydrogen-bond acceptors (Lipinski definition) is 4. The molecule has 0 bridgehead atoms. The highest BCUT2D eigenvalue weighted by molar-refractivity contribution is 5.92. The fraction of sp³-hybridized carbons (Fsp3) is 0.500. The molecule has 1 fully saturated rings. The second kappa shape index (κ2) is 6.09. The van der Waals surface area contributed by atoms with Crippen LogP contribution in [0.15, 0.2) is 24.7 Å². The fourth-order valence-corrected chi connectivity index (χ4v) is 2.69. The Morgan fingerprint density at radius 1 is 1.33 bits per heavy atom. The number of aryl methyl sites for hydroxylation is 1. The lowest BCUT2D eigenvalue weighted by Gasteiger charge is -2.21. The molecule has 0 aromatic carbocycles. The summed E-state index contributed by atoms with van der Waals surface area (Å²) < 4.78 is 1.82. The Balaban J connectivity index is 1.58. The number of carbonyl (C=O) groups is 1. The molecule has 1 saturated heterocycles. The van der Waals surface area contributed by atoms with Crippen molar-refractivity contribution in [2.24, 2.45) is 7.05 Å². The van der Waals surface area contributed by atoms with Crippen molar-refractivity contribution in [3.05, 3.63) is 35.9 Å². The summed E-state index contributed by atoms with van der Waals surface area (Å²) >= 11 is 0. The third-order valence-corrected chi connectivity index (χ3v) is 3.77. The van der Waals surface area contributed by atoms with Crippen molar-refractivity contribution in [3.8, 4) is 0 Å². The summed E-state index contributed by atoms with van der Waals surface area (Å²) in [6.07, 6.45) is 6.54. The molecule has 21 heavy (non-hydrogen) atoms. The molecule has 0 radical (unpaired) electrons. The van der Waals surface area contributed by atoms with E-state index in [4.69, 9.17) is 0 Å². The van der Waals surface area contributed by atoms with Crippen LogP contribution >= 0.6 is 0 Å². The first-order valence-electron chi connectivity index (χ1n) is 7.21. The van der Waals surface area contributed by atoms with Gasteiger partial charge in [0.25, 0.3) is 5.91 Å². The van der Waals surface area contributed by atoms with E-state index in [0.717, 1.165) is 39.1 Å². The van der Waals surface area contributed by atoms with Gasteiger partial charge in [-0.2, -0.15) is 10.2 Å². The largest absolute Gasteiger partial charge is 0.336 e. The van der Waals surface area contributed by atoms with Gasteiger partial charge in [0.2, 0.25) is 0 Å². The second-order valence-corrected chi connectivity index (χ2v) is 5.41. The minimum atomic E-state index is 0.0377. The first kappa shape index (κ1) is 13.8. The summed E-state index contributed by atoms with van der Waals surface area (Å²) in [6.45, 7) is 4.32. The molecule has 0 unspecified atom stereocenters. The van der Waals surface area contributed by atoms with Crippen molar-refractivity contribution in [1.29, 1.82) is 0 Å². The van der Waals surface area contributed by atoms with Gasteiger partial charge in [0, 0.05) is 57.7 Å². The van der Waals surface area contributed by atoms with Crippen molar-refractivity contribution < 1.29 is 4.79 Å².